The molecule has 14 aromatic rings. The minimum absolute atomic E-state index is 0.530. The van der Waals surface area contributed by atoms with Gasteiger partial charge in [0.2, 0.25) is 0 Å². The summed E-state index contributed by atoms with van der Waals surface area (Å²) in [7, 11) is 0. The summed E-state index contributed by atoms with van der Waals surface area (Å²) in [5, 5.41) is 8.59. The zero-order valence-electron chi connectivity index (χ0n) is 34.1. The van der Waals surface area contributed by atoms with E-state index in [9.17, 15) is 0 Å². The first-order valence-electron chi connectivity index (χ1n) is 21.5. The van der Waals surface area contributed by atoms with E-state index in [-0.39, 0.29) is 0 Å². The van der Waals surface area contributed by atoms with Gasteiger partial charge in [0, 0.05) is 43.7 Å². The van der Waals surface area contributed by atoms with Crippen molar-refractivity contribution < 1.29 is 8.83 Å². The van der Waals surface area contributed by atoms with Crippen LogP contribution in [0.3, 0.4) is 0 Å². The van der Waals surface area contributed by atoms with Gasteiger partial charge in [0.1, 0.15) is 22.3 Å². The highest BCUT2D eigenvalue weighted by Crippen LogP contribution is 2.51. The van der Waals surface area contributed by atoms with E-state index >= 15 is 0 Å². The summed E-state index contributed by atoms with van der Waals surface area (Å²) < 4.78 is 18.9. The van der Waals surface area contributed by atoms with Crippen LogP contribution in [0.15, 0.2) is 209 Å². The standard InChI is InChI=1S/C57H33N5O2/c1-4-18-34(19-5-1)55-58-56(35-20-6-2-7-21-35)60-57(59-55)41-32-33-44(47-39-26-12-16-30-45(39)63-53(41)47)62-43-29-15-10-24-37(43)48-51-49(54-50(52(48)62)40-27-13-17-31-46(40)64-54)38-25-11-14-28-42(38)61(51)36-22-8-3-9-23-36/h1-33H. The summed E-state index contributed by atoms with van der Waals surface area (Å²) >= 11 is 0. The monoisotopic (exact) mass is 819 g/mol. The molecule has 0 atom stereocenters. The topological polar surface area (TPSA) is 74.8 Å². The fourth-order valence-corrected chi connectivity index (χ4v) is 10.1. The third kappa shape index (κ3) is 4.89. The van der Waals surface area contributed by atoms with Gasteiger partial charge in [-0.25, -0.2) is 15.0 Å². The van der Waals surface area contributed by atoms with E-state index in [0.29, 0.717) is 23.1 Å². The summed E-state index contributed by atoms with van der Waals surface area (Å²) in [6, 6.07) is 69.3. The lowest BCUT2D eigenvalue weighted by atomic mass is 10.0. The number of aromatic nitrogens is 5. The van der Waals surface area contributed by atoms with Crippen molar-refractivity contribution in [2.75, 3.05) is 0 Å². The van der Waals surface area contributed by atoms with Gasteiger partial charge in [0.15, 0.2) is 17.5 Å². The Morgan fingerprint density at radius 2 is 0.781 bits per heavy atom. The normalized spacial score (nSPS) is 12.1. The van der Waals surface area contributed by atoms with Crippen molar-refractivity contribution in [1.29, 1.82) is 0 Å². The molecule has 0 aliphatic rings. The highest BCUT2D eigenvalue weighted by molar-refractivity contribution is 6.39. The molecule has 298 valence electrons. The maximum atomic E-state index is 7.07. The number of fused-ring (bicyclic) bond motifs is 15. The van der Waals surface area contributed by atoms with Crippen LogP contribution in [-0.4, -0.2) is 24.1 Å². The Balaban J connectivity index is 1.16. The van der Waals surface area contributed by atoms with Gasteiger partial charge in [0.25, 0.3) is 0 Å². The van der Waals surface area contributed by atoms with Gasteiger partial charge in [-0.05, 0) is 48.5 Å². The van der Waals surface area contributed by atoms with Gasteiger partial charge in [-0.3, -0.25) is 0 Å². The van der Waals surface area contributed by atoms with E-state index in [0.717, 1.165) is 110 Å². The number of rotatable bonds is 5. The van der Waals surface area contributed by atoms with Gasteiger partial charge in [-0.1, -0.05) is 152 Å². The van der Waals surface area contributed by atoms with Gasteiger partial charge in [-0.2, -0.15) is 0 Å². The number of hydrogen-bond acceptors (Lipinski definition) is 5. The molecule has 5 heterocycles. The van der Waals surface area contributed by atoms with Crippen molar-refractivity contribution in [2.45, 2.75) is 0 Å². The molecule has 14 rings (SSSR count). The predicted molar refractivity (Wildman–Crippen MR) is 259 cm³/mol. The van der Waals surface area contributed by atoms with Crippen LogP contribution >= 0.6 is 0 Å². The van der Waals surface area contributed by atoms with Crippen LogP contribution in [0.2, 0.25) is 0 Å². The number of para-hydroxylation sites is 5. The second-order valence-corrected chi connectivity index (χ2v) is 16.3. The van der Waals surface area contributed by atoms with Gasteiger partial charge in [-0.15, -0.1) is 0 Å². The second-order valence-electron chi connectivity index (χ2n) is 16.3. The highest BCUT2D eigenvalue weighted by Gasteiger charge is 2.29. The zero-order valence-corrected chi connectivity index (χ0v) is 34.1. The first-order chi connectivity index (χ1) is 31.8. The van der Waals surface area contributed by atoms with Crippen molar-refractivity contribution >= 4 is 87.5 Å². The van der Waals surface area contributed by atoms with E-state index in [1.165, 1.54) is 0 Å². The van der Waals surface area contributed by atoms with E-state index in [4.69, 9.17) is 23.8 Å². The lowest BCUT2D eigenvalue weighted by Gasteiger charge is -2.14. The van der Waals surface area contributed by atoms with Crippen molar-refractivity contribution in [3.05, 3.63) is 200 Å². The smallest absolute Gasteiger partial charge is 0.167 e. The Bertz CT molecular complexity index is 4120. The Morgan fingerprint density at radius 3 is 1.42 bits per heavy atom. The van der Waals surface area contributed by atoms with Crippen LogP contribution in [0.1, 0.15) is 0 Å². The average molecular weight is 820 g/mol. The second kappa shape index (κ2) is 13.3. The van der Waals surface area contributed by atoms with Crippen molar-refractivity contribution in [2.24, 2.45) is 0 Å². The minimum atomic E-state index is 0.530. The van der Waals surface area contributed by atoms with Crippen LogP contribution in [-0.2, 0) is 0 Å². The number of benzene rings is 9. The Morgan fingerprint density at radius 1 is 0.328 bits per heavy atom. The number of furan rings is 2. The molecule has 64 heavy (non-hydrogen) atoms. The lowest BCUT2D eigenvalue weighted by molar-refractivity contribution is 0.669. The molecule has 0 spiro atoms. The Labute approximate surface area is 364 Å². The molecule has 0 saturated carbocycles. The molecule has 0 unspecified atom stereocenters. The van der Waals surface area contributed by atoms with Crippen LogP contribution in [0.25, 0.3) is 133 Å². The SMILES string of the molecule is c1ccc(-c2nc(-c3ccccc3)nc(-c3ccc(-n4c5ccccc5c5c6c(c7ccccc7n6-c6ccccc6)c6oc7ccccc7c6c54)c4c3oc3ccccc34)n2)cc1. The fourth-order valence-electron chi connectivity index (χ4n) is 10.1. The van der Waals surface area contributed by atoms with Crippen molar-refractivity contribution in [3.63, 3.8) is 0 Å². The molecular weight excluding hydrogens is 787 g/mol. The van der Waals surface area contributed by atoms with Crippen molar-refractivity contribution in [1.82, 2.24) is 24.1 Å². The molecule has 0 N–H and O–H groups in total. The molecular formula is C57H33N5O2. The Hall–Kier alpha value is -8.81. The van der Waals surface area contributed by atoms with Gasteiger partial charge < -0.3 is 18.0 Å². The molecule has 0 aliphatic carbocycles. The quantitative estimate of drug-likeness (QED) is 0.173. The Kier molecular flexibility index (Phi) is 7.27. The van der Waals surface area contributed by atoms with E-state index in [2.05, 4.69) is 137 Å². The summed E-state index contributed by atoms with van der Waals surface area (Å²) in [6.07, 6.45) is 0. The van der Waals surface area contributed by atoms with Gasteiger partial charge >= 0.3 is 0 Å². The first-order valence-corrected chi connectivity index (χ1v) is 21.5. The third-order valence-corrected chi connectivity index (χ3v) is 12.7. The number of nitrogens with zero attached hydrogens (tertiary/aromatic N) is 5. The van der Waals surface area contributed by atoms with Gasteiger partial charge in [0.05, 0.1) is 49.5 Å². The van der Waals surface area contributed by atoms with Crippen LogP contribution in [0.5, 0.6) is 0 Å². The largest absolute Gasteiger partial charge is 0.455 e. The van der Waals surface area contributed by atoms with Crippen LogP contribution < -0.4 is 0 Å². The molecule has 0 saturated heterocycles. The lowest BCUT2D eigenvalue weighted by Crippen LogP contribution is -2.01. The number of hydrogen-bond donors (Lipinski definition) is 0. The maximum absolute atomic E-state index is 7.07. The third-order valence-electron chi connectivity index (χ3n) is 12.7. The molecule has 5 aromatic heterocycles. The predicted octanol–water partition coefficient (Wildman–Crippen LogP) is 14.9. The highest BCUT2D eigenvalue weighted by atomic mass is 16.3. The molecule has 9 aromatic carbocycles. The van der Waals surface area contributed by atoms with Crippen LogP contribution in [0, 0.1) is 0 Å². The molecule has 0 aliphatic heterocycles. The molecule has 0 fully saturated rings. The molecule has 0 amide bonds. The van der Waals surface area contributed by atoms with E-state index in [1.54, 1.807) is 0 Å². The fraction of sp³-hybridized carbons (Fsp3) is 0. The van der Waals surface area contributed by atoms with E-state index < -0.39 is 0 Å². The first kappa shape index (κ1) is 34.9. The minimum Gasteiger partial charge on any atom is -0.455 e. The summed E-state index contributed by atoms with van der Waals surface area (Å²) in [4.78, 5) is 15.3. The maximum Gasteiger partial charge on any atom is 0.167 e. The summed E-state index contributed by atoms with van der Waals surface area (Å²) in [6.45, 7) is 0. The molecule has 7 nitrogen and oxygen atoms in total. The van der Waals surface area contributed by atoms with Crippen molar-refractivity contribution in [3.8, 4) is 45.5 Å². The zero-order chi connectivity index (χ0) is 41.9. The molecule has 7 heteroatoms. The average Bonchev–Trinajstić information content (AvgIpc) is 4.13. The molecule has 0 radical (unpaired) electrons. The summed E-state index contributed by atoms with van der Waals surface area (Å²) in [5.41, 5.74) is 12.2. The molecule has 0 bridgehead atoms. The summed E-state index contributed by atoms with van der Waals surface area (Å²) in [5.74, 6) is 1.71. The van der Waals surface area contributed by atoms with E-state index in [1.807, 2.05) is 72.8 Å². The van der Waals surface area contributed by atoms with Crippen LogP contribution in [0.4, 0.5) is 0 Å².